The molecule has 0 spiro atoms. The first-order valence-corrected chi connectivity index (χ1v) is 11.2. The molecular formula is C26H24F3N3O2. The van der Waals surface area contributed by atoms with E-state index < -0.39 is 29.0 Å². The monoisotopic (exact) mass is 467 g/mol. The van der Waals surface area contributed by atoms with E-state index in [1.54, 1.807) is 17.3 Å². The number of halogens is 3. The molecule has 1 aliphatic heterocycles. The molecule has 5 nitrogen and oxygen atoms in total. The smallest absolute Gasteiger partial charge is 0.251 e. The number of nitrogens with zero attached hydrogens (tertiary/aromatic N) is 1. The number of hydrogen-bond donors (Lipinski definition) is 3. The van der Waals surface area contributed by atoms with Crippen LogP contribution in [0.5, 0.6) is 0 Å². The average molecular weight is 467 g/mol. The van der Waals surface area contributed by atoms with Crippen LogP contribution in [0.15, 0.2) is 71.1 Å². The highest BCUT2D eigenvalue weighted by molar-refractivity contribution is 5.94. The van der Waals surface area contributed by atoms with Crippen LogP contribution in [0.3, 0.4) is 0 Å². The third-order valence-corrected chi connectivity index (χ3v) is 7.07. The summed E-state index contributed by atoms with van der Waals surface area (Å²) in [6.45, 7) is 2.00. The lowest BCUT2D eigenvalue weighted by molar-refractivity contribution is 0.0632. The minimum absolute atomic E-state index is 0.131. The van der Waals surface area contributed by atoms with E-state index in [2.05, 4.69) is 5.43 Å². The number of amides is 1. The van der Waals surface area contributed by atoms with Gasteiger partial charge in [-0.1, -0.05) is 19.1 Å². The SMILES string of the molecule is C[C@H]1C2=CNN(c3ccc(F)c(F)c3)C2=CC2=C1[C@](O)(CCc1cccc(F)c1C(N)=O)CC2. The van der Waals surface area contributed by atoms with Crippen LogP contribution in [-0.4, -0.2) is 16.6 Å². The van der Waals surface area contributed by atoms with E-state index in [4.69, 9.17) is 5.73 Å². The van der Waals surface area contributed by atoms with Crippen molar-refractivity contribution in [1.29, 1.82) is 0 Å². The molecule has 5 rings (SSSR count). The Bertz CT molecular complexity index is 1300. The molecule has 1 heterocycles. The Hall–Kier alpha value is -3.52. The van der Waals surface area contributed by atoms with Crippen molar-refractivity contribution in [3.8, 4) is 0 Å². The van der Waals surface area contributed by atoms with Crippen LogP contribution in [-0.2, 0) is 6.42 Å². The number of primary amides is 1. The minimum atomic E-state index is -1.12. The normalized spacial score (nSPS) is 23.3. The van der Waals surface area contributed by atoms with Gasteiger partial charge in [-0.2, -0.15) is 0 Å². The fraction of sp³-hybridized carbons (Fsp3) is 0.269. The van der Waals surface area contributed by atoms with E-state index in [0.29, 0.717) is 36.9 Å². The van der Waals surface area contributed by atoms with Gasteiger partial charge in [-0.25, -0.2) is 13.2 Å². The zero-order valence-electron chi connectivity index (χ0n) is 18.5. The zero-order valence-corrected chi connectivity index (χ0v) is 18.5. The lowest BCUT2D eigenvalue weighted by Crippen LogP contribution is -2.35. The topological polar surface area (TPSA) is 78.6 Å². The molecule has 2 aliphatic carbocycles. The first-order valence-electron chi connectivity index (χ1n) is 11.2. The van der Waals surface area contributed by atoms with Crippen molar-refractivity contribution in [3.63, 3.8) is 0 Å². The lowest BCUT2D eigenvalue weighted by atomic mass is 9.76. The molecule has 8 heteroatoms. The van der Waals surface area contributed by atoms with Gasteiger partial charge in [0.2, 0.25) is 0 Å². The molecule has 3 aliphatic rings. The number of nitrogens with one attached hydrogen (secondary N) is 1. The summed E-state index contributed by atoms with van der Waals surface area (Å²) in [5.41, 5.74) is 11.8. The molecule has 0 saturated heterocycles. The van der Waals surface area contributed by atoms with Crippen molar-refractivity contribution >= 4 is 11.6 Å². The highest BCUT2D eigenvalue weighted by Gasteiger charge is 2.45. The Morgan fingerprint density at radius 3 is 2.74 bits per heavy atom. The van der Waals surface area contributed by atoms with E-state index in [1.807, 2.05) is 13.0 Å². The molecule has 4 N–H and O–H groups in total. The first-order chi connectivity index (χ1) is 16.2. The number of anilines is 1. The highest BCUT2D eigenvalue weighted by Crippen LogP contribution is 2.51. The Kier molecular flexibility index (Phi) is 5.28. The molecule has 176 valence electrons. The highest BCUT2D eigenvalue weighted by atomic mass is 19.2. The summed E-state index contributed by atoms with van der Waals surface area (Å²) in [4.78, 5) is 11.8. The van der Waals surface area contributed by atoms with Gasteiger partial charge in [-0.15, -0.1) is 0 Å². The molecule has 0 fully saturated rings. The van der Waals surface area contributed by atoms with E-state index in [9.17, 15) is 23.1 Å². The number of fused-ring (bicyclic) bond motifs is 1. The molecule has 0 saturated carbocycles. The first kappa shape index (κ1) is 22.3. The van der Waals surface area contributed by atoms with Crippen LogP contribution in [0.25, 0.3) is 0 Å². The Balaban J connectivity index is 1.44. The summed E-state index contributed by atoms with van der Waals surface area (Å²) in [7, 11) is 0. The van der Waals surface area contributed by atoms with Gasteiger partial charge in [0.15, 0.2) is 11.6 Å². The van der Waals surface area contributed by atoms with Crippen LogP contribution in [0.4, 0.5) is 18.9 Å². The average Bonchev–Trinajstić information content (AvgIpc) is 3.36. The van der Waals surface area contributed by atoms with Gasteiger partial charge in [-0.05, 0) is 66.7 Å². The summed E-state index contributed by atoms with van der Waals surface area (Å²) in [5.74, 6) is -3.47. The largest absolute Gasteiger partial charge is 0.385 e. The van der Waals surface area contributed by atoms with Crippen molar-refractivity contribution in [2.24, 2.45) is 11.7 Å². The molecule has 2 atom stereocenters. The number of hydrazine groups is 1. The summed E-state index contributed by atoms with van der Waals surface area (Å²) in [6, 6.07) is 8.10. The second kappa shape index (κ2) is 8.06. The molecular weight excluding hydrogens is 443 g/mol. The van der Waals surface area contributed by atoms with Gasteiger partial charge in [0.25, 0.3) is 5.91 Å². The number of rotatable bonds is 5. The third-order valence-electron chi connectivity index (χ3n) is 7.07. The maximum atomic E-state index is 14.2. The van der Waals surface area contributed by atoms with Crippen molar-refractivity contribution in [1.82, 2.24) is 5.43 Å². The van der Waals surface area contributed by atoms with Gasteiger partial charge >= 0.3 is 0 Å². The number of nitrogens with two attached hydrogens (primary N) is 1. The van der Waals surface area contributed by atoms with Gasteiger partial charge in [0.1, 0.15) is 5.82 Å². The van der Waals surface area contributed by atoms with E-state index in [1.165, 1.54) is 18.2 Å². The van der Waals surface area contributed by atoms with E-state index >= 15 is 0 Å². The predicted octanol–water partition coefficient (Wildman–Crippen LogP) is 4.40. The quantitative estimate of drug-likeness (QED) is 0.609. The van der Waals surface area contributed by atoms with Crippen LogP contribution >= 0.6 is 0 Å². The van der Waals surface area contributed by atoms with Crippen LogP contribution in [0, 0.1) is 23.4 Å². The number of carbonyl (C=O) groups is 1. The number of aryl methyl sites for hydroxylation is 1. The van der Waals surface area contributed by atoms with E-state index in [0.717, 1.165) is 34.5 Å². The van der Waals surface area contributed by atoms with Crippen LogP contribution < -0.4 is 16.2 Å². The lowest BCUT2D eigenvalue weighted by Gasteiger charge is -2.34. The second-order valence-corrected chi connectivity index (χ2v) is 9.02. The molecule has 2 aromatic rings. The summed E-state index contributed by atoms with van der Waals surface area (Å²) in [5, 5.41) is 13.3. The van der Waals surface area contributed by atoms with Gasteiger partial charge in [-0.3, -0.25) is 9.80 Å². The summed E-state index contributed by atoms with van der Waals surface area (Å²) < 4.78 is 41.4. The Morgan fingerprint density at radius 2 is 2.00 bits per heavy atom. The van der Waals surface area contributed by atoms with Crippen molar-refractivity contribution < 1.29 is 23.1 Å². The number of aliphatic hydroxyl groups is 1. The van der Waals surface area contributed by atoms with Crippen LogP contribution in [0.2, 0.25) is 0 Å². The minimum Gasteiger partial charge on any atom is -0.385 e. The molecule has 0 bridgehead atoms. The fourth-order valence-corrected chi connectivity index (χ4v) is 5.45. The zero-order chi connectivity index (χ0) is 24.2. The maximum Gasteiger partial charge on any atom is 0.251 e. The fourth-order valence-electron chi connectivity index (χ4n) is 5.45. The molecule has 0 unspecified atom stereocenters. The summed E-state index contributed by atoms with van der Waals surface area (Å²) in [6.07, 6.45) is 5.53. The van der Waals surface area contributed by atoms with Crippen molar-refractivity contribution in [3.05, 3.63) is 99.7 Å². The van der Waals surface area contributed by atoms with Gasteiger partial charge in [0.05, 0.1) is 22.5 Å². The predicted molar refractivity (Wildman–Crippen MR) is 122 cm³/mol. The number of carbonyl (C=O) groups excluding carboxylic acids is 1. The molecule has 0 aromatic heterocycles. The van der Waals surface area contributed by atoms with E-state index in [-0.39, 0.29) is 11.5 Å². The van der Waals surface area contributed by atoms with Gasteiger partial charge < -0.3 is 16.3 Å². The molecule has 0 radical (unpaired) electrons. The Labute approximate surface area is 195 Å². The number of allylic oxidation sites excluding steroid dienone is 3. The molecule has 1 amide bonds. The van der Waals surface area contributed by atoms with Crippen LogP contribution in [0.1, 0.15) is 42.1 Å². The van der Waals surface area contributed by atoms with Crippen molar-refractivity contribution in [2.75, 3.05) is 5.01 Å². The molecule has 34 heavy (non-hydrogen) atoms. The number of hydrogen-bond acceptors (Lipinski definition) is 4. The molecule has 2 aromatic carbocycles. The standard InChI is InChI=1S/C26H24F3N3O2/c1-14-18-13-31-32(17-5-6-19(27)21(29)12-17)22(18)11-16-8-10-26(34,24(14)16)9-7-15-3-2-4-20(28)23(15)25(30)33/h2-6,11-14,31,34H,7-10H2,1H3,(H2,30,33)/t14-,26-/m0/s1. The third kappa shape index (κ3) is 3.49. The number of benzene rings is 2. The van der Waals surface area contributed by atoms with Gasteiger partial charge in [0, 0.05) is 23.8 Å². The second-order valence-electron chi connectivity index (χ2n) is 9.02. The summed E-state index contributed by atoms with van der Waals surface area (Å²) >= 11 is 0. The van der Waals surface area contributed by atoms with Crippen molar-refractivity contribution in [2.45, 2.75) is 38.2 Å². The maximum absolute atomic E-state index is 14.2. The Morgan fingerprint density at radius 1 is 1.21 bits per heavy atom.